The monoisotopic (exact) mass is 300 g/mol. The van der Waals surface area contributed by atoms with Gasteiger partial charge in [0.2, 0.25) is 0 Å². The summed E-state index contributed by atoms with van der Waals surface area (Å²) >= 11 is 0. The first-order chi connectivity index (χ1) is 9.37. The third-order valence-electron chi connectivity index (χ3n) is 2.17. The van der Waals surface area contributed by atoms with Crippen LogP contribution in [-0.4, -0.2) is 34.3 Å². The number of aliphatic carboxylic acids is 1. The maximum Gasteiger partial charge on any atom is 0.325 e. The Balaban J connectivity index is 2.20. The van der Waals surface area contributed by atoms with Crippen molar-refractivity contribution in [3.05, 3.63) is 36.7 Å². The van der Waals surface area contributed by atoms with Gasteiger partial charge in [-0.1, -0.05) is 0 Å². The smallest absolute Gasteiger partial charge is 0.325 e. The molecule has 0 aromatic carbocycles. The van der Waals surface area contributed by atoms with Crippen molar-refractivity contribution >= 4 is 21.7 Å². The first-order valence-electron chi connectivity index (χ1n) is 5.24. The van der Waals surface area contributed by atoms with Crippen LogP contribution in [0.1, 0.15) is 0 Å². The van der Waals surface area contributed by atoms with E-state index in [1.54, 1.807) is 0 Å². The molecule has 0 aliphatic rings. The van der Waals surface area contributed by atoms with Crippen LogP contribution in [0.15, 0.2) is 35.7 Å². The number of halogens is 1. The molecule has 2 rings (SSSR count). The van der Waals surface area contributed by atoms with E-state index in [4.69, 9.17) is 5.11 Å². The Morgan fingerprint density at radius 3 is 2.80 bits per heavy atom. The molecule has 2 aromatic heterocycles. The highest BCUT2D eigenvalue weighted by molar-refractivity contribution is 7.92. The molecule has 0 saturated carbocycles. The fraction of sp³-hybridized carbons (Fsp3) is 0.100. The van der Waals surface area contributed by atoms with Crippen LogP contribution >= 0.6 is 0 Å². The molecule has 0 bridgehead atoms. The van der Waals surface area contributed by atoms with Gasteiger partial charge in [-0.15, -0.1) is 0 Å². The summed E-state index contributed by atoms with van der Waals surface area (Å²) < 4.78 is 40.0. The minimum absolute atomic E-state index is 0.0653. The van der Waals surface area contributed by atoms with E-state index in [2.05, 4.69) is 14.8 Å². The van der Waals surface area contributed by atoms with Gasteiger partial charge in [0.05, 0.1) is 18.1 Å². The van der Waals surface area contributed by atoms with Crippen molar-refractivity contribution in [1.29, 1.82) is 0 Å². The van der Waals surface area contributed by atoms with Gasteiger partial charge in [-0.3, -0.25) is 19.2 Å². The zero-order chi connectivity index (χ0) is 14.8. The number of anilines is 1. The van der Waals surface area contributed by atoms with Crippen molar-refractivity contribution in [2.24, 2.45) is 0 Å². The zero-order valence-corrected chi connectivity index (χ0v) is 10.7. The summed E-state index contributed by atoms with van der Waals surface area (Å²) in [6.45, 7) is -0.400. The quantitative estimate of drug-likeness (QED) is 0.821. The summed E-state index contributed by atoms with van der Waals surface area (Å²) in [6, 6.07) is 0.816. The van der Waals surface area contributed by atoms with Gasteiger partial charge < -0.3 is 5.11 Å². The molecule has 106 valence electrons. The average molecular weight is 300 g/mol. The zero-order valence-electron chi connectivity index (χ0n) is 9.89. The van der Waals surface area contributed by atoms with Crippen molar-refractivity contribution in [2.45, 2.75) is 11.4 Å². The van der Waals surface area contributed by atoms with E-state index in [-0.39, 0.29) is 10.6 Å². The topological polar surface area (TPSA) is 114 Å². The summed E-state index contributed by atoms with van der Waals surface area (Å²) in [5.41, 5.74) is 0.0653. The summed E-state index contributed by atoms with van der Waals surface area (Å²) in [4.78, 5) is 13.6. The highest BCUT2D eigenvalue weighted by atomic mass is 32.2. The van der Waals surface area contributed by atoms with Gasteiger partial charge in [0.25, 0.3) is 10.0 Å². The number of pyridine rings is 1. The summed E-state index contributed by atoms with van der Waals surface area (Å²) in [5, 5.41) is 12.2. The van der Waals surface area contributed by atoms with E-state index < -0.39 is 28.4 Å². The first-order valence-corrected chi connectivity index (χ1v) is 6.73. The second-order valence-electron chi connectivity index (χ2n) is 3.76. The lowest BCUT2D eigenvalue weighted by molar-refractivity contribution is -0.137. The second-order valence-corrected chi connectivity index (χ2v) is 5.45. The van der Waals surface area contributed by atoms with Crippen LogP contribution < -0.4 is 4.72 Å². The molecular formula is C10H9FN4O4S. The third kappa shape index (κ3) is 3.29. The van der Waals surface area contributed by atoms with Crippen LogP contribution in [0.5, 0.6) is 0 Å². The molecule has 8 nitrogen and oxygen atoms in total. The largest absolute Gasteiger partial charge is 0.480 e. The molecule has 0 unspecified atom stereocenters. The number of rotatable bonds is 5. The number of nitrogens with one attached hydrogen (secondary N) is 1. The van der Waals surface area contributed by atoms with Crippen molar-refractivity contribution in [2.75, 3.05) is 4.72 Å². The molecule has 0 fully saturated rings. The normalized spacial score (nSPS) is 11.2. The number of hydrogen-bond acceptors (Lipinski definition) is 5. The Morgan fingerprint density at radius 2 is 2.15 bits per heavy atom. The highest BCUT2D eigenvalue weighted by Gasteiger charge is 2.16. The van der Waals surface area contributed by atoms with Crippen LogP contribution in [0.4, 0.5) is 10.1 Å². The predicted molar refractivity (Wildman–Crippen MR) is 64.9 cm³/mol. The lowest BCUT2D eigenvalue weighted by Gasteiger charge is -2.05. The van der Waals surface area contributed by atoms with Crippen LogP contribution in [0, 0.1) is 5.82 Å². The third-order valence-corrected chi connectivity index (χ3v) is 3.52. The van der Waals surface area contributed by atoms with E-state index in [9.17, 15) is 17.6 Å². The Bertz CT molecular complexity index is 743. The van der Waals surface area contributed by atoms with E-state index in [0.717, 1.165) is 29.3 Å². The first kappa shape index (κ1) is 13.9. The second kappa shape index (κ2) is 5.25. The highest BCUT2D eigenvalue weighted by Crippen LogP contribution is 2.15. The van der Waals surface area contributed by atoms with Crippen molar-refractivity contribution in [1.82, 2.24) is 14.8 Å². The number of carboxylic acids is 1. The molecule has 0 aliphatic heterocycles. The van der Waals surface area contributed by atoms with Gasteiger partial charge in [0.1, 0.15) is 17.3 Å². The van der Waals surface area contributed by atoms with Crippen molar-refractivity contribution < 1.29 is 22.7 Å². The number of aromatic nitrogens is 3. The molecule has 0 amide bonds. The Hall–Kier alpha value is -2.49. The minimum Gasteiger partial charge on any atom is -0.480 e. The maximum absolute atomic E-state index is 12.9. The van der Waals surface area contributed by atoms with Gasteiger partial charge >= 0.3 is 5.97 Å². The summed E-state index contributed by atoms with van der Waals surface area (Å²) in [5.74, 6) is -1.90. The van der Waals surface area contributed by atoms with Gasteiger partial charge in [0.15, 0.2) is 0 Å². The van der Waals surface area contributed by atoms with Crippen LogP contribution in [0.3, 0.4) is 0 Å². The number of carbonyl (C=O) groups is 1. The molecule has 0 aliphatic carbocycles. The van der Waals surface area contributed by atoms with Gasteiger partial charge in [-0.2, -0.15) is 5.10 Å². The molecule has 0 spiro atoms. The van der Waals surface area contributed by atoms with Crippen LogP contribution in [-0.2, 0) is 21.4 Å². The SMILES string of the molecule is O=C(O)Cn1cc(NS(=O)(=O)c2cncc(F)c2)cn1. The maximum atomic E-state index is 12.9. The Labute approximate surface area is 112 Å². The fourth-order valence-corrected chi connectivity index (χ4v) is 2.40. The Morgan fingerprint density at radius 1 is 1.40 bits per heavy atom. The molecule has 2 aromatic rings. The number of carboxylic acid groups (broad SMARTS) is 1. The molecular weight excluding hydrogens is 291 g/mol. The average Bonchev–Trinajstić information content (AvgIpc) is 2.74. The Kier molecular flexibility index (Phi) is 3.66. The number of hydrogen-bond donors (Lipinski definition) is 2. The van der Waals surface area contributed by atoms with E-state index in [0.29, 0.717) is 0 Å². The van der Waals surface area contributed by atoms with E-state index >= 15 is 0 Å². The molecule has 0 saturated heterocycles. The molecule has 10 heteroatoms. The fourth-order valence-electron chi connectivity index (χ4n) is 1.39. The van der Waals surface area contributed by atoms with Crippen molar-refractivity contribution in [3.63, 3.8) is 0 Å². The lowest BCUT2D eigenvalue weighted by Crippen LogP contribution is -2.13. The summed E-state index contributed by atoms with van der Waals surface area (Å²) in [7, 11) is -4.00. The van der Waals surface area contributed by atoms with Gasteiger partial charge in [0, 0.05) is 12.4 Å². The molecule has 2 heterocycles. The van der Waals surface area contributed by atoms with Gasteiger partial charge in [-0.05, 0) is 6.07 Å². The van der Waals surface area contributed by atoms with Crippen LogP contribution in [0.25, 0.3) is 0 Å². The standard InChI is InChI=1S/C10H9FN4O4S/c11-7-1-9(4-12-2-7)20(18,19)14-8-3-13-15(5-8)6-10(16)17/h1-5,14H,6H2,(H,16,17). The molecule has 20 heavy (non-hydrogen) atoms. The van der Waals surface area contributed by atoms with Gasteiger partial charge in [-0.25, -0.2) is 12.8 Å². The van der Waals surface area contributed by atoms with E-state index in [1.165, 1.54) is 6.20 Å². The summed E-state index contributed by atoms with van der Waals surface area (Å²) in [6.07, 6.45) is 4.22. The number of nitrogens with zero attached hydrogens (tertiary/aromatic N) is 3. The molecule has 2 N–H and O–H groups in total. The predicted octanol–water partition coefficient (Wildman–Crippen LogP) is 0.303. The molecule has 0 radical (unpaired) electrons. The van der Waals surface area contributed by atoms with Crippen molar-refractivity contribution in [3.8, 4) is 0 Å². The lowest BCUT2D eigenvalue weighted by atomic mass is 10.5. The molecule has 0 atom stereocenters. The number of sulfonamides is 1. The minimum atomic E-state index is -4.00. The van der Waals surface area contributed by atoms with Crippen LogP contribution in [0.2, 0.25) is 0 Å². The van der Waals surface area contributed by atoms with E-state index in [1.807, 2.05) is 0 Å².